The third kappa shape index (κ3) is 3.56. The Labute approximate surface area is 201 Å². The SMILES string of the molecule is Cc1cccc(COc2ccc(C3CC(=O)Nc4c3c(=O)n(C)c3nc5ccccc5n43)cc2)c1. The molecule has 1 atom stereocenters. The molecule has 174 valence electrons. The molecule has 1 aliphatic heterocycles. The Kier molecular flexibility index (Phi) is 4.91. The van der Waals surface area contributed by atoms with Gasteiger partial charge in [-0.25, -0.2) is 4.98 Å². The van der Waals surface area contributed by atoms with Crippen molar-refractivity contribution in [2.24, 2.45) is 7.05 Å². The summed E-state index contributed by atoms with van der Waals surface area (Å²) in [7, 11) is 1.72. The summed E-state index contributed by atoms with van der Waals surface area (Å²) < 4.78 is 9.39. The molecule has 7 nitrogen and oxygen atoms in total. The fraction of sp³-hybridized carbons (Fsp3) is 0.179. The summed E-state index contributed by atoms with van der Waals surface area (Å²) in [5.74, 6) is 1.23. The van der Waals surface area contributed by atoms with E-state index in [2.05, 4.69) is 29.4 Å². The van der Waals surface area contributed by atoms with Crippen LogP contribution in [0.4, 0.5) is 5.82 Å². The highest BCUT2D eigenvalue weighted by molar-refractivity contribution is 5.96. The summed E-state index contributed by atoms with van der Waals surface area (Å²) >= 11 is 0. The highest BCUT2D eigenvalue weighted by Gasteiger charge is 2.33. The maximum Gasteiger partial charge on any atom is 0.260 e. The second kappa shape index (κ2) is 8.13. The van der Waals surface area contributed by atoms with Crippen molar-refractivity contribution in [2.75, 3.05) is 5.32 Å². The van der Waals surface area contributed by atoms with E-state index in [0.717, 1.165) is 27.9 Å². The van der Waals surface area contributed by atoms with E-state index in [-0.39, 0.29) is 23.8 Å². The van der Waals surface area contributed by atoms with Gasteiger partial charge in [-0.05, 0) is 42.3 Å². The first-order chi connectivity index (χ1) is 17.0. The zero-order valence-electron chi connectivity index (χ0n) is 19.5. The molecule has 0 saturated heterocycles. The van der Waals surface area contributed by atoms with E-state index in [0.29, 0.717) is 23.8 Å². The molecular formula is C28H24N4O3. The third-order valence-corrected chi connectivity index (χ3v) is 6.62. The summed E-state index contributed by atoms with van der Waals surface area (Å²) in [5.41, 5.74) is 5.20. The number of imidazole rings is 1. The van der Waals surface area contributed by atoms with Crippen LogP contribution in [0.5, 0.6) is 5.75 Å². The average Bonchev–Trinajstić information content (AvgIpc) is 3.26. The lowest BCUT2D eigenvalue weighted by molar-refractivity contribution is -0.116. The Balaban J connectivity index is 1.40. The van der Waals surface area contributed by atoms with Crippen molar-refractivity contribution in [1.82, 2.24) is 14.0 Å². The summed E-state index contributed by atoms with van der Waals surface area (Å²) in [4.78, 5) is 30.9. The lowest BCUT2D eigenvalue weighted by Gasteiger charge is -2.27. The zero-order valence-corrected chi connectivity index (χ0v) is 19.5. The zero-order chi connectivity index (χ0) is 24.1. The molecule has 1 unspecified atom stereocenters. The smallest absolute Gasteiger partial charge is 0.260 e. The molecule has 0 bridgehead atoms. The quantitative estimate of drug-likeness (QED) is 0.423. The van der Waals surface area contributed by atoms with Gasteiger partial charge in [0, 0.05) is 19.4 Å². The number of nitrogens with zero attached hydrogens (tertiary/aromatic N) is 3. The summed E-state index contributed by atoms with van der Waals surface area (Å²) in [5, 5.41) is 2.95. The molecule has 35 heavy (non-hydrogen) atoms. The van der Waals surface area contributed by atoms with Crippen LogP contribution in [-0.2, 0) is 18.4 Å². The minimum Gasteiger partial charge on any atom is -0.489 e. The van der Waals surface area contributed by atoms with E-state index in [1.807, 2.05) is 65.1 Å². The summed E-state index contributed by atoms with van der Waals surface area (Å²) in [6, 6.07) is 23.5. The Morgan fingerprint density at radius 3 is 2.63 bits per heavy atom. The van der Waals surface area contributed by atoms with Crippen molar-refractivity contribution >= 4 is 28.5 Å². The Bertz CT molecular complexity index is 1660. The highest BCUT2D eigenvalue weighted by Crippen LogP contribution is 2.37. The number of aromatic nitrogens is 3. The Morgan fingerprint density at radius 2 is 1.83 bits per heavy atom. The fourth-order valence-electron chi connectivity index (χ4n) is 4.91. The van der Waals surface area contributed by atoms with Crippen molar-refractivity contribution < 1.29 is 9.53 Å². The first-order valence-electron chi connectivity index (χ1n) is 11.6. The van der Waals surface area contributed by atoms with Gasteiger partial charge in [-0.2, -0.15) is 0 Å². The number of fused-ring (bicyclic) bond motifs is 5. The molecule has 6 rings (SSSR count). The topological polar surface area (TPSA) is 77.6 Å². The van der Waals surface area contributed by atoms with E-state index >= 15 is 0 Å². The van der Waals surface area contributed by atoms with Crippen LogP contribution >= 0.6 is 0 Å². The van der Waals surface area contributed by atoms with Gasteiger partial charge in [0.1, 0.15) is 18.2 Å². The van der Waals surface area contributed by atoms with Crippen molar-refractivity contribution in [3.8, 4) is 5.75 Å². The monoisotopic (exact) mass is 464 g/mol. The van der Waals surface area contributed by atoms with E-state index in [1.165, 1.54) is 5.56 Å². The molecule has 0 saturated carbocycles. The van der Waals surface area contributed by atoms with Crippen molar-refractivity contribution in [3.63, 3.8) is 0 Å². The first-order valence-corrected chi connectivity index (χ1v) is 11.6. The van der Waals surface area contributed by atoms with Gasteiger partial charge in [0.2, 0.25) is 11.7 Å². The first kappa shape index (κ1) is 21.2. The molecule has 1 aliphatic rings. The number of rotatable bonds is 4. The molecular weight excluding hydrogens is 440 g/mol. The van der Waals surface area contributed by atoms with Crippen LogP contribution < -0.4 is 15.6 Å². The molecule has 5 aromatic rings. The fourth-order valence-corrected chi connectivity index (χ4v) is 4.91. The molecule has 3 aromatic carbocycles. The molecule has 3 heterocycles. The standard InChI is InChI=1S/C28H24N4O3/c1-17-6-5-7-18(14-17)16-35-20-12-10-19(11-13-20)21-15-24(33)30-26-25(21)27(34)31(2)28-29-22-8-3-4-9-23(22)32(26)28/h3-14,21H,15-16H2,1-2H3,(H,30,33). The summed E-state index contributed by atoms with van der Waals surface area (Å²) in [6.45, 7) is 2.53. The largest absolute Gasteiger partial charge is 0.489 e. The second-order valence-electron chi connectivity index (χ2n) is 9.01. The molecule has 2 aromatic heterocycles. The molecule has 7 heteroatoms. The number of carbonyl (C=O) groups excluding carboxylic acids is 1. The molecule has 0 spiro atoms. The lowest BCUT2D eigenvalue weighted by atomic mass is 9.86. The number of benzene rings is 3. The number of anilines is 1. The maximum absolute atomic E-state index is 13.5. The van der Waals surface area contributed by atoms with E-state index in [9.17, 15) is 9.59 Å². The van der Waals surface area contributed by atoms with Crippen LogP contribution in [0.25, 0.3) is 16.8 Å². The van der Waals surface area contributed by atoms with Gasteiger partial charge in [0.25, 0.3) is 5.56 Å². The second-order valence-corrected chi connectivity index (χ2v) is 9.01. The number of aryl methyl sites for hydroxylation is 2. The molecule has 0 radical (unpaired) electrons. The summed E-state index contributed by atoms with van der Waals surface area (Å²) in [6.07, 6.45) is 0.198. The molecule has 1 amide bonds. The maximum atomic E-state index is 13.5. The normalized spacial score (nSPS) is 15.3. The van der Waals surface area contributed by atoms with Gasteiger partial charge in [-0.15, -0.1) is 0 Å². The lowest BCUT2D eigenvalue weighted by Crippen LogP contribution is -2.35. The van der Waals surface area contributed by atoms with Crippen LogP contribution in [0.15, 0.2) is 77.6 Å². The van der Waals surface area contributed by atoms with E-state index in [4.69, 9.17) is 4.74 Å². The number of ether oxygens (including phenoxy) is 1. The van der Waals surface area contributed by atoms with Gasteiger partial charge in [0.15, 0.2) is 0 Å². The van der Waals surface area contributed by atoms with Gasteiger partial charge in [-0.1, -0.05) is 54.1 Å². The van der Waals surface area contributed by atoms with Gasteiger partial charge in [0.05, 0.1) is 16.6 Å². The number of carbonyl (C=O) groups is 1. The minimum atomic E-state index is -0.367. The van der Waals surface area contributed by atoms with Crippen molar-refractivity contribution in [2.45, 2.75) is 25.9 Å². The molecule has 1 N–H and O–H groups in total. The van der Waals surface area contributed by atoms with Crippen molar-refractivity contribution in [1.29, 1.82) is 0 Å². The van der Waals surface area contributed by atoms with Crippen LogP contribution in [0.1, 0.15) is 34.6 Å². The molecule has 0 fully saturated rings. The van der Waals surface area contributed by atoms with Crippen LogP contribution in [-0.4, -0.2) is 19.9 Å². The Hall–Kier alpha value is -4.39. The number of amides is 1. The predicted molar refractivity (Wildman–Crippen MR) is 135 cm³/mol. The number of nitrogens with one attached hydrogen (secondary N) is 1. The molecule has 0 aliphatic carbocycles. The van der Waals surface area contributed by atoms with Gasteiger partial charge >= 0.3 is 0 Å². The Morgan fingerprint density at radius 1 is 1.03 bits per heavy atom. The number of hydrogen-bond acceptors (Lipinski definition) is 4. The van der Waals surface area contributed by atoms with Crippen molar-refractivity contribution in [3.05, 3.63) is 105 Å². The minimum absolute atomic E-state index is 0.130. The van der Waals surface area contributed by atoms with Gasteiger partial charge in [-0.3, -0.25) is 18.6 Å². The van der Waals surface area contributed by atoms with Gasteiger partial charge < -0.3 is 10.1 Å². The highest BCUT2D eigenvalue weighted by atomic mass is 16.5. The van der Waals surface area contributed by atoms with E-state index < -0.39 is 0 Å². The number of para-hydroxylation sites is 2. The third-order valence-electron chi connectivity index (χ3n) is 6.62. The van der Waals surface area contributed by atoms with Crippen LogP contribution in [0.2, 0.25) is 0 Å². The predicted octanol–water partition coefficient (Wildman–Crippen LogP) is 4.55. The van der Waals surface area contributed by atoms with E-state index in [1.54, 1.807) is 11.6 Å². The van der Waals surface area contributed by atoms with Crippen LogP contribution in [0.3, 0.4) is 0 Å². The average molecular weight is 465 g/mol. The van der Waals surface area contributed by atoms with Crippen LogP contribution in [0, 0.1) is 6.92 Å². The number of hydrogen-bond donors (Lipinski definition) is 1.